The normalized spacial score (nSPS) is 12.8. The lowest BCUT2D eigenvalue weighted by Gasteiger charge is -2.15. The fourth-order valence-corrected chi connectivity index (χ4v) is 4.35. The Morgan fingerprint density at radius 2 is 1.10 bits per heavy atom. The van der Waals surface area contributed by atoms with E-state index in [0.717, 1.165) is 51.4 Å². The molecular formula is C36H62O5. The fraction of sp³-hybridized carbons (Fsp3) is 0.722. The second-order valence-corrected chi connectivity index (χ2v) is 10.9. The SMILES string of the molecule is CC/C=C/C/C=C/CCCCCCCCCC(=O)OC(CO)COC(=O)CC/C=C/C/C=C/CCCCCCCC. The van der Waals surface area contributed by atoms with Crippen LogP contribution in [0.15, 0.2) is 48.6 Å². The Labute approximate surface area is 252 Å². The number of aliphatic hydroxyl groups is 1. The van der Waals surface area contributed by atoms with Crippen LogP contribution < -0.4 is 0 Å². The lowest BCUT2D eigenvalue weighted by atomic mass is 10.1. The molecule has 0 fully saturated rings. The van der Waals surface area contributed by atoms with E-state index >= 15 is 0 Å². The van der Waals surface area contributed by atoms with Gasteiger partial charge in [-0.2, -0.15) is 0 Å². The van der Waals surface area contributed by atoms with E-state index in [0.29, 0.717) is 12.8 Å². The van der Waals surface area contributed by atoms with Crippen molar-refractivity contribution in [1.29, 1.82) is 0 Å². The van der Waals surface area contributed by atoms with Crippen LogP contribution in [0, 0.1) is 0 Å². The maximum Gasteiger partial charge on any atom is 0.306 e. The molecule has 0 aliphatic carbocycles. The zero-order valence-electron chi connectivity index (χ0n) is 26.5. The molecule has 0 radical (unpaired) electrons. The van der Waals surface area contributed by atoms with E-state index in [4.69, 9.17) is 9.47 Å². The average molecular weight is 575 g/mol. The van der Waals surface area contributed by atoms with Crippen LogP contribution in [0.4, 0.5) is 0 Å². The van der Waals surface area contributed by atoms with Crippen molar-refractivity contribution in [3.8, 4) is 0 Å². The predicted octanol–water partition coefficient (Wildman–Crippen LogP) is 9.89. The minimum Gasteiger partial charge on any atom is -0.462 e. The average Bonchev–Trinajstić information content (AvgIpc) is 2.97. The Hall–Kier alpha value is -2.14. The molecule has 0 heterocycles. The van der Waals surface area contributed by atoms with Crippen molar-refractivity contribution in [3.63, 3.8) is 0 Å². The van der Waals surface area contributed by atoms with Crippen molar-refractivity contribution >= 4 is 11.9 Å². The van der Waals surface area contributed by atoms with Gasteiger partial charge in [0.15, 0.2) is 6.10 Å². The fourth-order valence-electron chi connectivity index (χ4n) is 4.35. The van der Waals surface area contributed by atoms with Crippen LogP contribution in [0.5, 0.6) is 0 Å². The second-order valence-electron chi connectivity index (χ2n) is 10.9. The van der Waals surface area contributed by atoms with E-state index in [1.54, 1.807) is 0 Å². The third-order valence-corrected chi connectivity index (χ3v) is 6.87. The number of carbonyl (C=O) groups excluding carboxylic acids is 2. The molecule has 0 amide bonds. The van der Waals surface area contributed by atoms with Gasteiger partial charge in [0.2, 0.25) is 0 Å². The minimum absolute atomic E-state index is 0.101. The maximum absolute atomic E-state index is 12.1. The van der Waals surface area contributed by atoms with Crippen molar-refractivity contribution in [2.75, 3.05) is 13.2 Å². The highest BCUT2D eigenvalue weighted by Gasteiger charge is 2.15. The van der Waals surface area contributed by atoms with Gasteiger partial charge in [0.05, 0.1) is 6.61 Å². The molecule has 236 valence electrons. The molecule has 41 heavy (non-hydrogen) atoms. The first kappa shape index (κ1) is 38.9. The van der Waals surface area contributed by atoms with E-state index in [-0.39, 0.29) is 31.6 Å². The molecule has 1 atom stereocenters. The van der Waals surface area contributed by atoms with Crippen LogP contribution in [0.25, 0.3) is 0 Å². The zero-order valence-corrected chi connectivity index (χ0v) is 26.5. The smallest absolute Gasteiger partial charge is 0.306 e. The molecule has 0 bridgehead atoms. The summed E-state index contributed by atoms with van der Waals surface area (Å²) >= 11 is 0. The topological polar surface area (TPSA) is 72.8 Å². The van der Waals surface area contributed by atoms with E-state index in [2.05, 4.69) is 56.4 Å². The third-order valence-electron chi connectivity index (χ3n) is 6.87. The van der Waals surface area contributed by atoms with E-state index in [1.165, 1.54) is 64.2 Å². The van der Waals surface area contributed by atoms with Gasteiger partial charge in [0, 0.05) is 12.8 Å². The summed E-state index contributed by atoms with van der Waals surface area (Å²) in [5.74, 6) is -0.684. The summed E-state index contributed by atoms with van der Waals surface area (Å²) in [7, 11) is 0. The molecule has 0 saturated carbocycles. The Morgan fingerprint density at radius 3 is 1.66 bits per heavy atom. The largest absolute Gasteiger partial charge is 0.462 e. The van der Waals surface area contributed by atoms with Gasteiger partial charge in [0.1, 0.15) is 6.61 Å². The summed E-state index contributed by atoms with van der Waals surface area (Å²) in [5.41, 5.74) is 0. The number of unbranched alkanes of at least 4 members (excludes halogenated alkanes) is 13. The number of hydrogen-bond acceptors (Lipinski definition) is 5. The molecule has 0 rings (SSSR count). The van der Waals surface area contributed by atoms with Gasteiger partial charge in [-0.15, -0.1) is 0 Å². The van der Waals surface area contributed by atoms with Gasteiger partial charge in [0.25, 0.3) is 0 Å². The summed E-state index contributed by atoms with van der Waals surface area (Å²) in [5, 5.41) is 9.49. The van der Waals surface area contributed by atoms with Crippen LogP contribution >= 0.6 is 0 Å². The van der Waals surface area contributed by atoms with Crippen LogP contribution in [0.1, 0.15) is 149 Å². The van der Waals surface area contributed by atoms with Gasteiger partial charge in [-0.3, -0.25) is 9.59 Å². The molecule has 0 aromatic rings. The van der Waals surface area contributed by atoms with Crippen molar-refractivity contribution in [2.24, 2.45) is 0 Å². The zero-order chi connectivity index (χ0) is 30.1. The Bertz CT molecular complexity index is 707. The Kier molecular flexibility index (Phi) is 30.7. The highest BCUT2D eigenvalue weighted by atomic mass is 16.6. The quantitative estimate of drug-likeness (QED) is 0.0547. The molecule has 0 saturated heterocycles. The van der Waals surface area contributed by atoms with Crippen LogP contribution in [-0.2, 0) is 19.1 Å². The number of rotatable bonds is 29. The molecule has 5 heteroatoms. The van der Waals surface area contributed by atoms with Crippen molar-refractivity contribution in [2.45, 2.75) is 155 Å². The summed E-state index contributed by atoms with van der Waals surface area (Å²) in [6.45, 7) is 3.94. The van der Waals surface area contributed by atoms with Crippen LogP contribution in [0.3, 0.4) is 0 Å². The van der Waals surface area contributed by atoms with Gasteiger partial charge >= 0.3 is 11.9 Å². The highest BCUT2D eigenvalue weighted by molar-refractivity contribution is 5.70. The van der Waals surface area contributed by atoms with Gasteiger partial charge < -0.3 is 14.6 Å². The lowest BCUT2D eigenvalue weighted by molar-refractivity contribution is -0.161. The minimum atomic E-state index is -0.796. The number of hydrogen-bond donors (Lipinski definition) is 1. The first-order valence-corrected chi connectivity index (χ1v) is 16.7. The van der Waals surface area contributed by atoms with E-state index in [9.17, 15) is 14.7 Å². The molecule has 1 N–H and O–H groups in total. The predicted molar refractivity (Wildman–Crippen MR) is 173 cm³/mol. The monoisotopic (exact) mass is 574 g/mol. The molecule has 5 nitrogen and oxygen atoms in total. The summed E-state index contributed by atoms with van der Waals surface area (Å²) in [6, 6.07) is 0. The van der Waals surface area contributed by atoms with Crippen molar-refractivity contribution < 1.29 is 24.2 Å². The molecule has 0 aliphatic rings. The van der Waals surface area contributed by atoms with Gasteiger partial charge in [-0.25, -0.2) is 0 Å². The Morgan fingerprint density at radius 1 is 0.585 bits per heavy atom. The molecule has 0 spiro atoms. The van der Waals surface area contributed by atoms with Gasteiger partial charge in [-0.05, 0) is 57.8 Å². The molecule has 0 aromatic carbocycles. The number of ether oxygens (including phenoxy) is 2. The number of carbonyl (C=O) groups is 2. The van der Waals surface area contributed by atoms with Gasteiger partial charge in [-0.1, -0.05) is 127 Å². The Balaban J connectivity index is 3.68. The number of esters is 2. The van der Waals surface area contributed by atoms with Crippen molar-refractivity contribution in [3.05, 3.63) is 48.6 Å². The second kappa shape index (κ2) is 32.4. The molecule has 0 aromatic heterocycles. The standard InChI is InChI=1S/C36H62O5/c1-3-5-7-9-11-13-15-17-19-21-23-25-27-29-31-36(39)41-34(32-37)33-40-35(38)30-28-26-24-22-20-18-16-14-12-10-8-6-4-2/h5,7,11,13,18,20,24,26,34,37H,3-4,6,8-10,12,14-17,19,21-23,25,27-33H2,1-2H3/b7-5+,13-11+,20-18+,26-24+. The van der Waals surface area contributed by atoms with Crippen LogP contribution in [-0.4, -0.2) is 36.4 Å². The van der Waals surface area contributed by atoms with Crippen molar-refractivity contribution in [1.82, 2.24) is 0 Å². The van der Waals surface area contributed by atoms with E-state index in [1.807, 2.05) is 6.08 Å². The molecule has 0 aliphatic heterocycles. The van der Waals surface area contributed by atoms with Crippen LogP contribution in [0.2, 0.25) is 0 Å². The third kappa shape index (κ3) is 30.6. The first-order chi connectivity index (χ1) is 20.1. The van der Waals surface area contributed by atoms with E-state index < -0.39 is 6.10 Å². The molecular weight excluding hydrogens is 512 g/mol. The summed E-state index contributed by atoms with van der Waals surface area (Å²) in [4.78, 5) is 24.1. The highest BCUT2D eigenvalue weighted by Crippen LogP contribution is 2.11. The lowest BCUT2D eigenvalue weighted by Crippen LogP contribution is -2.28. The number of allylic oxidation sites excluding steroid dienone is 8. The molecule has 1 unspecified atom stereocenters. The first-order valence-electron chi connectivity index (χ1n) is 16.7. The maximum atomic E-state index is 12.1. The summed E-state index contributed by atoms with van der Waals surface area (Å²) in [6.07, 6.45) is 38.9. The number of aliphatic hydroxyl groups excluding tert-OH is 1. The summed E-state index contributed by atoms with van der Waals surface area (Å²) < 4.78 is 10.5.